The lowest BCUT2D eigenvalue weighted by atomic mass is 10.2. The SMILES string of the molecule is COc1cc(CNCCSc2ccccc2)ccn1. The third kappa shape index (κ3) is 4.93. The van der Waals surface area contributed by atoms with Crippen LogP contribution in [-0.2, 0) is 6.54 Å². The fourth-order valence-corrected chi connectivity index (χ4v) is 2.49. The molecule has 1 aromatic carbocycles. The number of ether oxygens (including phenoxy) is 1. The maximum Gasteiger partial charge on any atom is 0.213 e. The number of aromatic nitrogens is 1. The molecule has 4 heteroatoms. The molecule has 2 aromatic rings. The summed E-state index contributed by atoms with van der Waals surface area (Å²) in [6.45, 7) is 1.82. The predicted molar refractivity (Wildman–Crippen MR) is 79.7 cm³/mol. The normalized spacial score (nSPS) is 10.4. The molecule has 0 aliphatic carbocycles. The minimum absolute atomic E-state index is 0.665. The number of hydrogen-bond acceptors (Lipinski definition) is 4. The van der Waals surface area contributed by atoms with Crippen LogP contribution in [-0.4, -0.2) is 24.4 Å². The van der Waals surface area contributed by atoms with Crippen molar-refractivity contribution in [3.05, 3.63) is 54.2 Å². The Morgan fingerprint density at radius 2 is 2.05 bits per heavy atom. The van der Waals surface area contributed by atoms with Crippen molar-refractivity contribution >= 4 is 11.8 Å². The van der Waals surface area contributed by atoms with Gasteiger partial charge in [-0.1, -0.05) is 18.2 Å². The second kappa shape index (κ2) is 7.81. The molecule has 0 unspecified atom stereocenters. The molecule has 0 amide bonds. The van der Waals surface area contributed by atoms with Gasteiger partial charge in [-0.2, -0.15) is 0 Å². The summed E-state index contributed by atoms with van der Waals surface area (Å²) < 4.78 is 5.10. The third-order valence-electron chi connectivity index (χ3n) is 2.63. The van der Waals surface area contributed by atoms with E-state index in [1.807, 2.05) is 30.0 Å². The fraction of sp³-hybridized carbons (Fsp3) is 0.267. The van der Waals surface area contributed by atoms with Gasteiger partial charge in [0.25, 0.3) is 0 Å². The van der Waals surface area contributed by atoms with Crippen molar-refractivity contribution < 1.29 is 4.74 Å². The van der Waals surface area contributed by atoms with Crippen LogP contribution in [0.4, 0.5) is 0 Å². The van der Waals surface area contributed by atoms with Crippen molar-refractivity contribution in [1.82, 2.24) is 10.3 Å². The van der Waals surface area contributed by atoms with E-state index in [4.69, 9.17) is 4.74 Å². The Balaban J connectivity index is 1.66. The number of methoxy groups -OCH3 is 1. The second-order valence-electron chi connectivity index (χ2n) is 4.04. The van der Waals surface area contributed by atoms with Gasteiger partial charge in [0.2, 0.25) is 5.88 Å². The number of rotatable bonds is 7. The van der Waals surface area contributed by atoms with Crippen molar-refractivity contribution in [3.8, 4) is 5.88 Å². The highest BCUT2D eigenvalue weighted by Crippen LogP contribution is 2.15. The standard InChI is InChI=1S/C15H18N2OS/c1-18-15-11-13(7-8-17-15)12-16-9-10-19-14-5-3-2-4-6-14/h2-8,11,16H,9-10,12H2,1H3. The summed E-state index contributed by atoms with van der Waals surface area (Å²) in [5.41, 5.74) is 1.19. The smallest absolute Gasteiger partial charge is 0.213 e. The number of nitrogens with one attached hydrogen (secondary N) is 1. The van der Waals surface area contributed by atoms with E-state index in [0.717, 1.165) is 18.8 Å². The van der Waals surface area contributed by atoms with Gasteiger partial charge in [0.15, 0.2) is 0 Å². The number of benzene rings is 1. The average Bonchev–Trinajstić information content (AvgIpc) is 2.48. The molecule has 0 spiro atoms. The molecule has 0 saturated carbocycles. The molecule has 100 valence electrons. The number of thioether (sulfide) groups is 1. The molecule has 0 aliphatic heterocycles. The summed E-state index contributed by atoms with van der Waals surface area (Å²) in [5, 5.41) is 3.42. The van der Waals surface area contributed by atoms with Gasteiger partial charge in [0.1, 0.15) is 0 Å². The molecule has 0 atom stereocenters. The highest BCUT2D eigenvalue weighted by molar-refractivity contribution is 7.99. The molecule has 1 heterocycles. The third-order valence-corrected chi connectivity index (χ3v) is 3.64. The van der Waals surface area contributed by atoms with Crippen LogP contribution in [0.15, 0.2) is 53.6 Å². The molecule has 1 aromatic heterocycles. The fourth-order valence-electron chi connectivity index (χ4n) is 1.66. The quantitative estimate of drug-likeness (QED) is 0.622. The Morgan fingerprint density at radius 3 is 2.84 bits per heavy atom. The first kappa shape index (κ1) is 13.9. The van der Waals surface area contributed by atoms with Crippen LogP contribution in [0.5, 0.6) is 5.88 Å². The van der Waals surface area contributed by atoms with Gasteiger partial charge in [0.05, 0.1) is 7.11 Å². The molecule has 2 rings (SSSR count). The molecule has 3 nitrogen and oxygen atoms in total. The molecule has 0 radical (unpaired) electrons. The zero-order chi connectivity index (χ0) is 13.3. The van der Waals surface area contributed by atoms with Gasteiger partial charge >= 0.3 is 0 Å². The maximum atomic E-state index is 5.10. The van der Waals surface area contributed by atoms with Gasteiger partial charge in [-0.25, -0.2) is 4.98 Å². The summed E-state index contributed by atoms with van der Waals surface area (Å²) >= 11 is 1.86. The topological polar surface area (TPSA) is 34.1 Å². The maximum absolute atomic E-state index is 5.10. The first-order valence-corrected chi connectivity index (χ1v) is 7.24. The molecule has 1 N–H and O–H groups in total. The van der Waals surface area contributed by atoms with Gasteiger partial charge in [-0.15, -0.1) is 11.8 Å². The Kier molecular flexibility index (Phi) is 5.72. The van der Waals surface area contributed by atoms with E-state index in [0.29, 0.717) is 5.88 Å². The van der Waals surface area contributed by atoms with Crippen LogP contribution in [0.2, 0.25) is 0 Å². The van der Waals surface area contributed by atoms with E-state index >= 15 is 0 Å². The zero-order valence-corrected chi connectivity index (χ0v) is 11.8. The lowest BCUT2D eigenvalue weighted by Crippen LogP contribution is -2.16. The number of nitrogens with zero attached hydrogens (tertiary/aromatic N) is 1. The summed E-state index contributed by atoms with van der Waals surface area (Å²) in [5.74, 6) is 1.73. The first-order chi connectivity index (χ1) is 9.38. The van der Waals surface area contributed by atoms with Crippen molar-refractivity contribution in [3.63, 3.8) is 0 Å². The first-order valence-electron chi connectivity index (χ1n) is 6.26. The van der Waals surface area contributed by atoms with Crippen molar-refractivity contribution in [2.75, 3.05) is 19.4 Å². The molecule has 0 fully saturated rings. The van der Waals surface area contributed by atoms with Crippen molar-refractivity contribution in [2.24, 2.45) is 0 Å². The Labute approximate surface area is 118 Å². The summed E-state index contributed by atoms with van der Waals surface area (Å²) in [6.07, 6.45) is 1.77. The van der Waals surface area contributed by atoms with Gasteiger partial charge < -0.3 is 10.1 Å². The van der Waals surface area contributed by atoms with Crippen LogP contribution in [0.1, 0.15) is 5.56 Å². The van der Waals surface area contributed by atoms with E-state index in [1.54, 1.807) is 13.3 Å². The highest BCUT2D eigenvalue weighted by Gasteiger charge is 1.97. The van der Waals surface area contributed by atoms with E-state index in [-0.39, 0.29) is 0 Å². The lowest BCUT2D eigenvalue weighted by molar-refractivity contribution is 0.397. The van der Waals surface area contributed by atoms with E-state index in [2.05, 4.69) is 34.6 Å². The number of hydrogen-bond donors (Lipinski definition) is 1. The largest absolute Gasteiger partial charge is 0.481 e. The van der Waals surface area contributed by atoms with Crippen molar-refractivity contribution in [2.45, 2.75) is 11.4 Å². The van der Waals surface area contributed by atoms with Crippen LogP contribution in [0, 0.1) is 0 Å². The van der Waals surface area contributed by atoms with E-state index in [1.165, 1.54) is 10.5 Å². The molecular formula is C15H18N2OS. The Bertz CT molecular complexity index is 491. The van der Waals surface area contributed by atoms with Crippen LogP contribution < -0.4 is 10.1 Å². The zero-order valence-electron chi connectivity index (χ0n) is 11.0. The summed E-state index contributed by atoms with van der Waals surface area (Å²) in [6, 6.07) is 14.4. The summed E-state index contributed by atoms with van der Waals surface area (Å²) in [7, 11) is 1.63. The predicted octanol–water partition coefficient (Wildman–Crippen LogP) is 2.97. The molecule has 0 bridgehead atoms. The van der Waals surface area contributed by atoms with Crippen molar-refractivity contribution in [1.29, 1.82) is 0 Å². The molecular weight excluding hydrogens is 256 g/mol. The average molecular weight is 274 g/mol. The van der Waals surface area contributed by atoms with E-state index in [9.17, 15) is 0 Å². The molecule has 19 heavy (non-hydrogen) atoms. The Hall–Kier alpha value is -1.52. The highest BCUT2D eigenvalue weighted by atomic mass is 32.2. The molecule has 0 aliphatic rings. The van der Waals surface area contributed by atoms with Crippen LogP contribution in [0.3, 0.4) is 0 Å². The van der Waals surface area contributed by atoms with Crippen LogP contribution >= 0.6 is 11.8 Å². The second-order valence-corrected chi connectivity index (χ2v) is 5.21. The molecule has 0 saturated heterocycles. The van der Waals surface area contributed by atoms with Gasteiger partial charge in [0, 0.05) is 36.0 Å². The van der Waals surface area contributed by atoms with Gasteiger partial charge in [-0.3, -0.25) is 0 Å². The lowest BCUT2D eigenvalue weighted by Gasteiger charge is -2.06. The van der Waals surface area contributed by atoms with Gasteiger partial charge in [-0.05, 0) is 23.8 Å². The minimum atomic E-state index is 0.665. The minimum Gasteiger partial charge on any atom is -0.481 e. The Morgan fingerprint density at radius 1 is 1.21 bits per heavy atom. The van der Waals surface area contributed by atoms with E-state index < -0.39 is 0 Å². The monoisotopic (exact) mass is 274 g/mol. The summed E-state index contributed by atoms with van der Waals surface area (Å²) in [4.78, 5) is 5.40. The number of pyridine rings is 1. The van der Waals surface area contributed by atoms with Crippen LogP contribution in [0.25, 0.3) is 0 Å².